The smallest absolute Gasteiger partial charge is 0.184 e. The Morgan fingerprint density at radius 1 is 1.44 bits per heavy atom. The molecule has 1 aliphatic carbocycles. The molecule has 0 aromatic heterocycles. The second-order valence-corrected chi connectivity index (χ2v) is 4.65. The molecule has 2 rings (SSSR count). The summed E-state index contributed by atoms with van der Waals surface area (Å²) in [7, 11) is 1.75. The zero-order valence-electron chi connectivity index (χ0n) is 9.50. The number of halogens is 2. The van der Waals surface area contributed by atoms with Gasteiger partial charge in [-0.25, -0.2) is 8.78 Å². The summed E-state index contributed by atoms with van der Waals surface area (Å²) in [5.41, 5.74) is 6.14. The third kappa shape index (κ3) is 1.96. The quantitative estimate of drug-likeness (QED) is 0.803. The molecule has 88 valence electrons. The maximum absolute atomic E-state index is 13.6. The molecule has 2 atom stereocenters. The van der Waals surface area contributed by atoms with Crippen molar-refractivity contribution in [1.82, 2.24) is 0 Å². The van der Waals surface area contributed by atoms with Crippen molar-refractivity contribution in [2.24, 2.45) is 11.8 Å². The summed E-state index contributed by atoms with van der Waals surface area (Å²) in [4.78, 5) is 1.71. The Labute approximate surface area is 94.0 Å². The first-order valence-corrected chi connectivity index (χ1v) is 5.45. The van der Waals surface area contributed by atoms with E-state index in [-0.39, 0.29) is 11.4 Å². The largest absolute Gasteiger partial charge is 0.397 e. The lowest BCUT2D eigenvalue weighted by atomic mass is 10.2. The van der Waals surface area contributed by atoms with Gasteiger partial charge in [0, 0.05) is 13.6 Å². The molecule has 0 spiro atoms. The van der Waals surface area contributed by atoms with Crippen LogP contribution in [0.15, 0.2) is 12.1 Å². The van der Waals surface area contributed by atoms with E-state index < -0.39 is 11.6 Å². The first-order valence-electron chi connectivity index (χ1n) is 5.45. The van der Waals surface area contributed by atoms with Crippen molar-refractivity contribution in [2.45, 2.75) is 13.3 Å². The van der Waals surface area contributed by atoms with Gasteiger partial charge in [0.15, 0.2) is 11.6 Å². The second-order valence-electron chi connectivity index (χ2n) is 4.65. The molecular weight excluding hydrogens is 210 g/mol. The van der Waals surface area contributed by atoms with Gasteiger partial charge >= 0.3 is 0 Å². The Morgan fingerprint density at radius 3 is 2.62 bits per heavy atom. The van der Waals surface area contributed by atoms with Crippen molar-refractivity contribution >= 4 is 11.4 Å². The van der Waals surface area contributed by atoms with E-state index in [4.69, 9.17) is 5.73 Å². The van der Waals surface area contributed by atoms with Crippen LogP contribution in [-0.4, -0.2) is 13.6 Å². The molecule has 0 bridgehead atoms. The molecule has 2 N–H and O–H groups in total. The predicted molar refractivity (Wildman–Crippen MR) is 61.3 cm³/mol. The first kappa shape index (κ1) is 11.2. The monoisotopic (exact) mass is 226 g/mol. The Bertz CT molecular complexity index is 406. The minimum Gasteiger partial charge on any atom is -0.397 e. The molecule has 0 heterocycles. The van der Waals surface area contributed by atoms with Gasteiger partial charge in [0.2, 0.25) is 0 Å². The summed E-state index contributed by atoms with van der Waals surface area (Å²) in [6, 6.07) is 2.46. The minimum atomic E-state index is -0.851. The molecule has 1 aromatic rings. The number of benzene rings is 1. The van der Waals surface area contributed by atoms with Gasteiger partial charge in [-0.3, -0.25) is 0 Å². The van der Waals surface area contributed by atoms with E-state index in [1.807, 2.05) is 0 Å². The van der Waals surface area contributed by atoms with Gasteiger partial charge in [-0.05, 0) is 30.4 Å². The van der Waals surface area contributed by atoms with Gasteiger partial charge in [0.1, 0.15) is 0 Å². The Morgan fingerprint density at radius 2 is 2.06 bits per heavy atom. The van der Waals surface area contributed by atoms with Crippen molar-refractivity contribution in [2.75, 3.05) is 24.2 Å². The molecule has 16 heavy (non-hydrogen) atoms. The molecule has 1 saturated carbocycles. The van der Waals surface area contributed by atoms with E-state index >= 15 is 0 Å². The fourth-order valence-electron chi connectivity index (χ4n) is 2.04. The molecule has 2 nitrogen and oxygen atoms in total. The lowest BCUT2D eigenvalue weighted by Crippen LogP contribution is -2.23. The van der Waals surface area contributed by atoms with E-state index in [0.29, 0.717) is 11.8 Å². The van der Waals surface area contributed by atoms with Crippen molar-refractivity contribution in [3.05, 3.63) is 23.8 Å². The zero-order chi connectivity index (χ0) is 11.9. The SMILES string of the molecule is CC1CC1CN(C)c1c(N)ccc(F)c1F. The van der Waals surface area contributed by atoms with Crippen LogP contribution in [0.4, 0.5) is 20.2 Å². The normalized spacial score (nSPS) is 23.2. The molecule has 0 aliphatic heterocycles. The molecule has 2 unspecified atom stereocenters. The van der Waals surface area contributed by atoms with E-state index in [1.165, 1.54) is 6.07 Å². The summed E-state index contributed by atoms with van der Waals surface area (Å²) in [6.45, 7) is 2.88. The lowest BCUT2D eigenvalue weighted by Gasteiger charge is -2.21. The Kier molecular flexibility index (Phi) is 2.74. The van der Waals surface area contributed by atoms with Crippen LogP contribution in [0.3, 0.4) is 0 Å². The van der Waals surface area contributed by atoms with Crippen LogP contribution in [0.5, 0.6) is 0 Å². The van der Waals surface area contributed by atoms with E-state index in [9.17, 15) is 8.78 Å². The average molecular weight is 226 g/mol. The highest BCUT2D eigenvalue weighted by atomic mass is 19.2. The molecule has 1 aromatic carbocycles. The average Bonchev–Trinajstić information content (AvgIpc) is 2.89. The fourth-order valence-corrected chi connectivity index (χ4v) is 2.04. The van der Waals surface area contributed by atoms with Crippen LogP contribution in [0.1, 0.15) is 13.3 Å². The highest BCUT2D eigenvalue weighted by molar-refractivity contribution is 5.68. The highest BCUT2D eigenvalue weighted by Gasteiger charge is 2.34. The van der Waals surface area contributed by atoms with Gasteiger partial charge in [-0.1, -0.05) is 6.92 Å². The van der Waals surface area contributed by atoms with Crippen molar-refractivity contribution < 1.29 is 8.78 Å². The molecule has 4 heteroatoms. The summed E-state index contributed by atoms with van der Waals surface area (Å²) >= 11 is 0. The van der Waals surface area contributed by atoms with E-state index in [2.05, 4.69) is 6.92 Å². The molecule has 0 saturated heterocycles. The fraction of sp³-hybridized carbons (Fsp3) is 0.500. The summed E-state index contributed by atoms with van der Waals surface area (Å²) < 4.78 is 26.7. The van der Waals surface area contributed by atoms with Crippen LogP contribution < -0.4 is 10.6 Å². The van der Waals surface area contributed by atoms with Crippen LogP contribution in [0.25, 0.3) is 0 Å². The van der Waals surface area contributed by atoms with Gasteiger partial charge in [0.25, 0.3) is 0 Å². The lowest BCUT2D eigenvalue weighted by molar-refractivity contribution is 0.507. The van der Waals surface area contributed by atoms with E-state index in [0.717, 1.165) is 19.0 Å². The number of nitrogens with two attached hydrogens (primary N) is 1. The van der Waals surface area contributed by atoms with Gasteiger partial charge in [-0.15, -0.1) is 0 Å². The number of anilines is 2. The molecular formula is C12H16F2N2. The van der Waals surface area contributed by atoms with Crippen molar-refractivity contribution in [1.29, 1.82) is 0 Å². The topological polar surface area (TPSA) is 29.3 Å². The van der Waals surface area contributed by atoms with Crippen LogP contribution in [0, 0.1) is 23.5 Å². The summed E-state index contributed by atoms with van der Waals surface area (Å²) in [5.74, 6) is -0.442. The predicted octanol–water partition coefficient (Wildman–Crippen LogP) is 2.64. The van der Waals surface area contributed by atoms with Crippen molar-refractivity contribution in [3.63, 3.8) is 0 Å². The summed E-state index contributed by atoms with van der Waals surface area (Å²) in [6.07, 6.45) is 1.15. The number of hydrogen-bond donors (Lipinski definition) is 1. The highest BCUT2D eigenvalue weighted by Crippen LogP contribution is 2.39. The van der Waals surface area contributed by atoms with Crippen LogP contribution in [-0.2, 0) is 0 Å². The first-order chi connectivity index (χ1) is 7.50. The molecule has 0 amide bonds. The van der Waals surface area contributed by atoms with Crippen molar-refractivity contribution in [3.8, 4) is 0 Å². The minimum absolute atomic E-state index is 0.180. The Hall–Kier alpha value is -1.32. The standard InChI is InChI=1S/C12H16F2N2/c1-7-5-8(7)6-16(2)12-10(15)4-3-9(13)11(12)14/h3-4,7-8H,5-6,15H2,1-2H3. The van der Waals surface area contributed by atoms with E-state index in [1.54, 1.807) is 11.9 Å². The number of nitrogen functional groups attached to an aromatic ring is 1. The third-order valence-electron chi connectivity index (χ3n) is 3.27. The van der Waals surface area contributed by atoms with Gasteiger partial charge < -0.3 is 10.6 Å². The van der Waals surface area contributed by atoms with Crippen LogP contribution >= 0.6 is 0 Å². The third-order valence-corrected chi connectivity index (χ3v) is 3.27. The summed E-state index contributed by atoms with van der Waals surface area (Å²) in [5, 5.41) is 0. The maximum Gasteiger partial charge on any atom is 0.184 e. The van der Waals surface area contributed by atoms with Gasteiger partial charge in [0.05, 0.1) is 11.4 Å². The molecule has 0 radical (unpaired) electrons. The molecule has 1 fully saturated rings. The van der Waals surface area contributed by atoms with Gasteiger partial charge in [-0.2, -0.15) is 0 Å². The zero-order valence-corrected chi connectivity index (χ0v) is 9.50. The van der Waals surface area contributed by atoms with Crippen LogP contribution in [0.2, 0.25) is 0 Å². The number of nitrogens with zero attached hydrogens (tertiary/aromatic N) is 1. The molecule has 1 aliphatic rings. The second kappa shape index (κ2) is 3.92. The number of hydrogen-bond acceptors (Lipinski definition) is 2. The maximum atomic E-state index is 13.6. The Balaban J connectivity index is 2.21. The number of rotatable bonds is 3.